The molecule has 32 heavy (non-hydrogen) atoms. The van der Waals surface area contributed by atoms with E-state index in [0.717, 1.165) is 53.7 Å². The van der Waals surface area contributed by atoms with Crippen molar-refractivity contribution in [3.8, 4) is 0 Å². The molecule has 0 atom stereocenters. The molecule has 1 saturated carbocycles. The van der Waals surface area contributed by atoms with Crippen molar-refractivity contribution >= 4 is 57.3 Å². The maximum atomic E-state index is 6.11. The Morgan fingerprint density at radius 2 is 1.75 bits per heavy atom. The van der Waals surface area contributed by atoms with E-state index in [1.165, 1.54) is 0 Å². The standard InChI is InChI=1S/C24H29ClN6S/c1-15-8-9-16(25)14-21(15)29-24(32)27-18-12-10-17(11-13-18)26-23-28-20-7-5-4-6-19(20)22(30-23)31(2)3/h4-9,14,17-18H,10-13H2,1-3H3,(H,26,28,30)(H2,27,29,32). The summed E-state index contributed by atoms with van der Waals surface area (Å²) in [5, 5.41) is 12.7. The van der Waals surface area contributed by atoms with Crippen LogP contribution in [0, 0.1) is 6.92 Å². The van der Waals surface area contributed by atoms with Gasteiger partial charge in [-0.2, -0.15) is 4.98 Å². The van der Waals surface area contributed by atoms with Crippen molar-refractivity contribution in [3.05, 3.63) is 53.1 Å². The van der Waals surface area contributed by atoms with E-state index in [4.69, 9.17) is 33.8 Å². The van der Waals surface area contributed by atoms with Crippen molar-refractivity contribution < 1.29 is 0 Å². The summed E-state index contributed by atoms with van der Waals surface area (Å²) in [6.45, 7) is 2.04. The number of fused-ring (bicyclic) bond motifs is 1. The molecule has 1 heterocycles. The van der Waals surface area contributed by atoms with E-state index in [-0.39, 0.29) is 0 Å². The van der Waals surface area contributed by atoms with E-state index >= 15 is 0 Å². The van der Waals surface area contributed by atoms with Gasteiger partial charge in [-0.25, -0.2) is 4.98 Å². The summed E-state index contributed by atoms with van der Waals surface area (Å²) in [6.07, 6.45) is 4.12. The van der Waals surface area contributed by atoms with E-state index in [1.807, 2.05) is 62.3 Å². The molecule has 6 nitrogen and oxygen atoms in total. The Balaban J connectivity index is 1.33. The molecule has 3 aromatic rings. The second-order valence-corrected chi connectivity index (χ2v) is 9.38. The van der Waals surface area contributed by atoms with Crippen LogP contribution in [0.15, 0.2) is 42.5 Å². The molecule has 0 spiro atoms. The summed E-state index contributed by atoms with van der Waals surface area (Å²) in [7, 11) is 4.02. The van der Waals surface area contributed by atoms with Crippen LogP contribution < -0.4 is 20.9 Å². The second kappa shape index (κ2) is 9.88. The normalized spacial score (nSPS) is 18.2. The number of aryl methyl sites for hydroxylation is 1. The summed E-state index contributed by atoms with van der Waals surface area (Å²) < 4.78 is 0. The van der Waals surface area contributed by atoms with Gasteiger partial charge in [0, 0.05) is 42.3 Å². The van der Waals surface area contributed by atoms with Crippen LogP contribution in [0.3, 0.4) is 0 Å². The number of nitrogens with one attached hydrogen (secondary N) is 3. The molecule has 2 aromatic carbocycles. The molecule has 1 aromatic heterocycles. The lowest BCUT2D eigenvalue weighted by atomic mass is 9.91. The van der Waals surface area contributed by atoms with Crippen LogP contribution in [0.25, 0.3) is 10.9 Å². The summed E-state index contributed by atoms with van der Waals surface area (Å²) in [5.41, 5.74) is 3.01. The Bertz CT molecular complexity index is 1110. The quantitative estimate of drug-likeness (QED) is 0.435. The van der Waals surface area contributed by atoms with E-state index in [2.05, 4.69) is 22.0 Å². The van der Waals surface area contributed by atoms with Crippen LogP contribution in [-0.4, -0.2) is 41.3 Å². The molecule has 0 aliphatic heterocycles. The lowest BCUT2D eigenvalue weighted by molar-refractivity contribution is 0.387. The highest BCUT2D eigenvalue weighted by atomic mass is 35.5. The van der Waals surface area contributed by atoms with Gasteiger partial charge in [-0.3, -0.25) is 0 Å². The first-order valence-electron chi connectivity index (χ1n) is 10.9. The number of para-hydroxylation sites is 1. The molecule has 1 aliphatic rings. The molecule has 8 heteroatoms. The van der Waals surface area contributed by atoms with Gasteiger partial charge in [0.05, 0.1) is 5.52 Å². The molecule has 0 saturated heterocycles. The minimum absolute atomic E-state index is 0.348. The fourth-order valence-corrected chi connectivity index (χ4v) is 4.55. The summed E-state index contributed by atoms with van der Waals surface area (Å²) in [5.74, 6) is 1.62. The van der Waals surface area contributed by atoms with Crippen molar-refractivity contribution in [3.63, 3.8) is 0 Å². The Hall–Kier alpha value is -2.64. The van der Waals surface area contributed by atoms with E-state index in [1.54, 1.807) is 0 Å². The molecule has 3 N–H and O–H groups in total. The first-order valence-corrected chi connectivity index (χ1v) is 11.7. The van der Waals surface area contributed by atoms with Gasteiger partial charge in [0.15, 0.2) is 5.11 Å². The minimum atomic E-state index is 0.348. The number of benzene rings is 2. The number of anilines is 3. The van der Waals surface area contributed by atoms with Crippen LogP contribution in [0.1, 0.15) is 31.2 Å². The molecular weight excluding hydrogens is 440 g/mol. The van der Waals surface area contributed by atoms with Crippen molar-refractivity contribution in [2.24, 2.45) is 0 Å². The highest BCUT2D eigenvalue weighted by Crippen LogP contribution is 2.26. The van der Waals surface area contributed by atoms with Gasteiger partial charge in [-0.05, 0) is 74.7 Å². The SMILES string of the molecule is Cc1ccc(Cl)cc1NC(=S)NC1CCC(Nc2nc(N(C)C)c3ccccc3n2)CC1. The zero-order valence-corrected chi connectivity index (χ0v) is 20.2. The predicted molar refractivity (Wildman–Crippen MR) is 139 cm³/mol. The molecule has 168 valence electrons. The molecule has 0 bridgehead atoms. The number of hydrogen-bond acceptors (Lipinski definition) is 5. The zero-order valence-electron chi connectivity index (χ0n) is 18.7. The lowest BCUT2D eigenvalue weighted by Gasteiger charge is -2.30. The Labute approximate surface area is 199 Å². The molecule has 0 radical (unpaired) electrons. The molecule has 4 rings (SSSR count). The van der Waals surface area contributed by atoms with Gasteiger partial charge in [0.2, 0.25) is 5.95 Å². The number of nitrogens with zero attached hydrogens (tertiary/aromatic N) is 3. The molecule has 0 unspecified atom stereocenters. The van der Waals surface area contributed by atoms with Crippen LogP contribution in [-0.2, 0) is 0 Å². The molecule has 1 fully saturated rings. The average molecular weight is 469 g/mol. The Morgan fingerprint density at radius 1 is 1.03 bits per heavy atom. The van der Waals surface area contributed by atoms with Gasteiger partial charge in [0.1, 0.15) is 5.82 Å². The van der Waals surface area contributed by atoms with Crippen LogP contribution in [0.5, 0.6) is 0 Å². The minimum Gasteiger partial charge on any atom is -0.362 e. The predicted octanol–water partition coefficient (Wildman–Crippen LogP) is 5.37. The summed E-state index contributed by atoms with van der Waals surface area (Å²) in [4.78, 5) is 11.5. The van der Waals surface area contributed by atoms with Gasteiger partial charge in [0.25, 0.3) is 0 Å². The monoisotopic (exact) mass is 468 g/mol. The first kappa shape index (κ1) is 22.6. The molecule has 1 aliphatic carbocycles. The summed E-state index contributed by atoms with van der Waals surface area (Å²) in [6, 6.07) is 14.6. The van der Waals surface area contributed by atoms with Crippen LogP contribution >= 0.6 is 23.8 Å². The number of halogens is 1. The third-order valence-electron chi connectivity index (χ3n) is 5.85. The van der Waals surface area contributed by atoms with Gasteiger partial charge < -0.3 is 20.9 Å². The third-order valence-corrected chi connectivity index (χ3v) is 6.31. The van der Waals surface area contributed by atoms with E-state index in [9.17, 15) is 0 Å². The average Bonchev–Trinajstić information content (AvgIpc) is 2.77. The Kier molecular flexibility index (Phi) is 6.96. The van der Waals surface area contributed by atoms with Gasteiger partial charge in [-0.1, -0.05) is 29.8 Å². The van der Waals surface area contributed by atoms with Crippen molar-refractivity contribution in [1.29, 1.82) is 0 Å². The number of aromatic nitrogens is 2. The lowest BCUT2D eigenvalue weighted by Crippen LogP contribution is -2.42. The zero-order chi connectivity index (χ0) is 22.7. The van der Waals surface area contributed by atoms with Crippen molar-refractivity contribution in [1.82, 2.24) is 15.3 Å². The third kappa shape index (κ3) is 5.40. The number of hydrogen-bond donors (Lipinski definition) is 3. The maximum Gasteiger partial charge on any atom is 0.225 e. The largest absolute Gasteiger partial charge is 0.362 e. The smallest absolute Gasteiger partial charge is 0.225 e. The molecular formula is C24H29ClN6S. The van der Waals surface area contributed by atoms with Crippen LogP contribution in [0.2, 0.25) is 5.02 Å². The fraction of sp³-hybridized carbons (Fsp3) is 0.375. The van der Waals surface area contributed by atoms with E-state index in [0.29, 0.717) is 28.2 Å². The maximum absolute atomic E-state index is 6.11. The Morgan fingerprint density at radius 3 is 2.50 bits per heavy atom. The highest BCUT2D eigenvalue weighted by molar-refractivity contribution is 7.80. The highest BCUT2D eigenvalue weighted by Gasteiger charge is 2.23. The van der Waals surface area contributed by atoms with Crippen LogP contribution in [0.4, 0.5) is 17.5 Å². The number of rotatable bonds is 5. The topological polar surface area (TPSA) is 65.1 Å². The first-order chi connectivity index (χ1) is 15.4. The van der Waals surface area contributed by atoms with Crippen molar-refractivity contribution in [2.45, 2.75) is 44.7 Å². The van der Waals surface area contributed by atoms with Gasteiger partial charge >= 0.3 is 0 Å². The van der Waals surface area contributed by atoms with E-state index < -0.39 is 0 Å². The summed E-state index contributed by atoms with van der Waals surface area (Å²) >= 11 is 11.6. The van der Waals surface area contributed by atoms with Crippen molar-refractivity contribution in [2.75, 3.05) is 29.6 Å². The fourth-order valence-electron chi connectivity index (χ4n) is 4.10. The molecule has 0 amide bonds. The second-order valence-electron chi connectivity index (χ2n) is 8.53. The van der Waals surface area contributed by atoms with Gasteiger partial charge in [-0.15, -0.1) is 0 Å². The number of thiocarbonyl (C=S) groups is 1.